The molecule has 1 atom stereocenters. The topological polar surface area (TPSA) is 65.9 Å². The zero-order valence-electron chi connectivity index (χ0n) is 11.8. The Balaban J connectivity index is 2.58. The summed E-state index contributed by atoms with van der Waals surface area (Å²) in [6.07, 6.45) is 0. The molecule has 0 aliphatic heterocycles. The highest BCUT2D eigenvalue weighted by molar-refractivity contribution is 7.08. The molecular formula is C13H23N3O2S. The summed E-state index contributed by atoms with van der Waals surface area (Å²) in [5.74, 6) is 0.690. The monoisotopic (exact) mass is 285 g/mol. The zero-order chi connectivity index (χ0) is 14.1. The van der Waals surface area contributed by atoms with Crippen LogP contribution in [0, 0.1) is 0 Å². The molecule has 1 rings (SSSR count). The third-order valence-electron chi connectivity index (χ3n) is 2.63. The fraction of sp³-hybridized carbons (Fsp3) is 0.615. The largest absolute Gasteiger partial charge is 0.383 e. The van der Waals surface area contributed by atoms with Crippen LogP contribution in [0.25, 0.3) is 0 Å². The maximum absolute atomic E-state index is 10.4. The molecule has 1 aromatic heterocycles. The zero-order valence-corrected chi connectivity index (χ0v) is 12.6. The van der Waals surface area contributed by atoms with E-state index in [1.54, 1.807) is 25.4 Å². The van der Waals surface area contributed by atoms with Crippen molar-refractivity contribution in [2.75, 3.05) is 33.4 Å². The smallest absolute Gasteiger partial charge is 0.191 e. The van der Waals surface area contributed by atoms with Crippen molar-refractivity contribution in [2.45, 2.75) is 19.4 Å². The van der Waals surface area contributed by atoms with Crippen molar-refractivity contribution in [3.05, 3.63) is 22.4 Å². The molecule has 19 heavy (non-hydrogen) atoms. The summed E-state index contributed by atoms with van der Waals surface area (Å²) in [6, 6.07) is 1.92. The van der Waals surface area contributed by atoms with Gasteiger partial charge < -0.3 is 20.5 Å². The van der Waals surface area contributed by atoms with Gasteiger partial charge in [0, 0.05) is 20.2 Å². The molecule has 0 aliphatic carbocycles. The van der Waals surface area contributed by atoms with E-state index >= 15 is 0 Å². The van der Waals surface area contributed by atoms with E-state index in [4.69, 9.17) is 4.74 Å². The van der Waals surface area contributed by atoms with Gasteiger partial charge in [0.05, 0.1) is 13.2 Å². The third-order valence-corrected chi connectivity index (χ3v) is 3.31. The summed E-state index contributed by atoms with van der Waals surface area (Å²) in [7, 11) is 1.66. The molecular weight excluding hydrogens is 262 g/mol. The summed E-state index contributed by atoms with van der Waals surface area (Å²) < 4.78 is 4.98. The Bertz CT molecular complexity index is 377. The number of methoxy groups -OCH3 is 1. The molecule has 6 heteroatoms. The summed E-state index contributed by atoms with van der Waals surface area (Å²) in [5.41, 5.74) is -0.0437. The Morgan fingerprint density at radius 3 is 2.89 bits per heavy atom. The molecule has 1 unspecified atom stereocenters. The quantitative estimate of drug-likeness (QED) is 0.399. The number of aliphatic imine (C=N–C) groups is 1. The van der Waals surface area contributed by atoms with Gasteiger partial charge in [-0.1, -0.05) is 0 Å². The molecule has 0 aromatic carbocycles. The lowest BCUT2D eigenvalue weighted by atomic mass is 10.00. The molecule has 0 amide bonds. The van der Waals surface area contributed by atoms with E-state index in [1.165, 1.54) is 0 Å². The van der Waals surface area contributed by atoms with Crippen LogP contribution in [0.1, 0.15) is 19.4 Å². The summed E-state index contributed by atoms with van der Waals surface area (Å²) in [6.45, 7) is 6.17. The number of nitrogens with one attached hydrogen (secondary N) is 2. The number of hydrogen-bond acceptors (Lipinski definition) is 4. The number of nitrogens with zero attached hydrogens (tertiary/aromatic N) is 1. The minimum Gasteiger partial charge on any atom is -0.383 e. The molecule has 0 radical (unpaired) electrons. The van der Waals surface area contributed by atoms with Gasteiger partial charge in [-0.3, -0.25) is 0 Å². The first-order valence-corrected chi connectivity index (χ1v) is 7.30. The van der Waals surface area contributed by atoms with E-state index in [-0.39, 0.29) is 0 Å². The van der Waals surface area contributed by atoms with Gasteiger partial charge in [-0.05, 0) is 36.2 Å². The second-order valence-electron chi connectivity index (χ2n) is 4.40. The number of guanidine groups is 1. The maximum Gasteiger partial charge on any atom is 0.191 e. The Morgan fingerprint density at radius 1 is 1.53 bits per heavy atom. The normalized spacial score (nSPS) is 15.1. The standard InChI is InChI=1S/C13H23N3O2S/c1-4-14-12(15-6-7-18-3)16-10-13(2,17)11-5-8-19-9-11/h5,8-9,17H,4,6-7,10H2,1-3H3,(H2,14,15,16). The van der Waals surface area contributed by atoms with Crippen molar-refractivity contribution in [3.8, 4) is 0 Å². The Morgan fingerprint density at radius 2 is 2.32 bits per heavy atom. The highest BCUT2D eigenvalue weighted by atomic mass is 32.1. The summed E-state index contributed by atoms with van der Waals surface area (Å²) in [5, 5.41) is 20.6. The lowest BCUT2D eigenvalue weighted by Crippen LogP contribution is -2.40. The van der Waals surface area contributed by atoms with Crippen LogP contribution in [-0.2, 0) is 10.3 Å². The number of ether oxygens (including phenoxy) is 1. The molecule has 0 bridgehead atoms. The number of aliphatic hydroxyl groups is 1. The van der Waals surface area contributed by atoms with Gasteiger partial charge in [0.2, 0.25) is 0 Å². The maximum atomic E-state index is 10.4. The van der Waals surface area contributed by atoms with Crippen LogP contribution < -0.4 is 10.6 Å². The van der Waals surface area contributed by atoms with Crippen LogP contribution >= 0.6 is 11.3 Å². The van der Waals surface area contributed by atoms with E-state index in [1.807, 2.05) is 23.8 Å². The minimum absolute atomic E-state index is 0.312. The molecule has 0 saturated heterocycles. The van der Waals surface area contributed by atoms with Crippen molar-refractivity contribution in [2.24, 2.45) is 4.99 Å². The molecule has 1 aromatic rings. The molecule has 1 heterocycles. The molecule has 0 fully saturated rings. The third kappa shape index (κ3) is 5.59. The Labute approximate surface area is 118 Å². The number of thiophene rings is 1. The van der Waals surface area contributed by atoms with Gasteiger partial charge in [0.1, 0.15) is 5.60 Å². The lowest BCUT2D eigenvalue weighted by Gasteiger charge is -2.21. The molecule has 3 N–H and O–H groups in total. The molecule has 0 aliphatic rings. The van der Waals surface area contributed by atoms with Crippen molar-refractivity contribution in [3.63, 3.8) is 0 Å². The second-order valence-corrected chi connectivity index (χ2v) is 5.18. The van der Waals surface area contributed by atoms with Gasteiger partial charge in [0.25, 0.3) is 0 Å². The average molecular weight is 285 g/mol. The Kier molecular flexibility index (Phi) is 6.83. The first-order valence-electron chi connectivity index (χ1n) is 6.36. The van der Waals surface area contributed by atoms with E-state index < -0.39 is 5.60 Å². The second kappa shape index (κ2) is 8.14. The van der Waals surface area contributed by atoms with Crippen LogP contribution in [0.5, 0.6) is 0 Å². The Hall–Kier alpha value is -1.11. The minimum atomic E-state index is -0.941. The highest BCUT2D eigenvalue weighted by Crippen LogP contribution is 2.23. The van der Waals surface area contributed by atoms with Crippen LogP contribution in [0.3, 0.4) is 0 Å². The fourth-order valence-corrected chi connectivity index (χ4v) is 2.29. The molecule has 0 saturated carbocycles. The van der Waals surface area contributed by atoms with E-state index in [2.05, 4.69) is 15.6 Å². The average Bonchev–Trinajstić information content (AvgIpc) is 2.91. The van der Waals surface area contributed by atoms with Gasteiger partial charge in [-0.25, -0.2) is 4.99 Å². The first kappa shape index (κ1) is 15.9. The lowest BCUT2D eigenvalue weighted by molar-refractivity contribution is 0.0677. The number of rotatable bonds is 7. The SMILES string of the molecule is CCNC(=NCC(C)(O)c1ccsc1)NCCOC. The van der Waals surface area contributed by atoms with Crippen LogP contribution in [0.2, 0.25) is 0 Å². The molecule has 108 valence electrons. The van der Waals surface area contributed by atoms with Gasteiger partial charge in [0.15, 0.2) is 5.96 Å². The van der Waals surface area contributed by atoms with Crippen molar-refractivity contribution in [1.29, 1.82) is 0 Å². The fourth-order valence-electron chi connectivity index (χ4n) is 1.51. The summed E-state index contributed by atoms with van der Waals surface area (Å²) in [4.78, 5) is 4.41. The van der Waals surface area contributed by atoms with Crippen LogP contribution in [-0.4, -0.2) is 44.4 Å². The summed E-state index contributed by atoms with van der Waals surface area (Å²) >= 11 is 1.57. The van der Waals surface area contributed by atoms with Gasteiger partial charge in [-0.15, -0.1) is 0 Å². The first-order chi connectivity index (χ1) is 9.10. The highest BCUT2D eigenvalue weighted by Gasteiger charge is 2.23. The van der Waals surface area contributed by atoms with E-state index in [9.17, 15) is 5.11 Å². The van der Waals surface area contributed by atoms with Crippen molar-refractivity contribution >= 4 is 17.3 Å². The van der Waals surface area contributed by atoms with Crippen molar-refractivity contribution in [1.82, 2.24) is 10.6 Å². The van der Waals surface area contributed by atoms with Crippen LogP contribution in [0.15, 0.2) is 21.8 Å². The molecule has 5 nitrogen and oxygen atoms in total. The van der Waals surface area contributed by atoms with Gasteiger partial charge in [-0.2, -0.15) is 11.3 Å². The number of hydrogen-bond donors (Lipinski definition) is 3. The van der Waals surface area contributed by atoms with E-state index in [0.29, 0.717) is 25.7 Å². The molecule has 0 spiro atoms. The predicted octanol–water partition coefficient (Wildman–Crippen LogP) is 1.16. The van der Waals surface area contributed by atoms with Crippen molar-refractivity contribution < 1.29 is 9.84 Å². The van der Waals surface area contributed by atoms with Crippen LogP contribution in [0.4, 0.5) is 0 Å². The van der Waals surface area contributed by atoms with Gasteiger partial charge >= 0.3 is 0 Å². The predicted molar refractivity (Wildman–Crippen MR) is 79.7 cm³/mol. The van der Waals surface area contributed by atoms with E-state index in [0.717, 1.165) is 12.1 Å².